The zero-order valence-electron chi connectivity index (χ0n) is 9.30. The summed E-state index contributed by atoms with van der Waals surface area (Å²) in [4.78, 5) is 21.8. The summed E-state index contributed by atoms with van der Waals surface area (Å²) in [6.07, 6.45) is 3.35. The average Bonchev–Trinajstić information content (AvgIpc) is 2.27. The van der Waals surface area contributed by atoms with Gasteiger partial charge in [-0.25, -0.2) is 0 Å². The molecule has 5 heteroatoms. The molecular formula is C12H13NO4. The van der Waals surface area contributed by atoms with Crippen molar-refractivity contribution in [3.05, 3.63) is 39.9 Å². The SMILES string of the molecule is O=C(COC1CCC1)c1cccc([N+](=O)[O-])c1. The fraction of sp³-hybridized carbons (Fsp3) is 0.417. The Morgan fingerprint density at radius 2 is 2.24 bits per heavy atom. The van der Waals surface area contributed by atoms with E-state index >= 15 is 0 Å². The van der Waals surface area contributed by atoms with Gasteiger partial charge in [-0.05, 0) is 19.3 Å². The Bertz CT molecular complexity index is 440. The molecule has 1 aromatic carbocycles. The summed E-state index contributed by atoms with van der Waals surface area (Å²) in [7, 11) is 0. The van der Waals surface area contributed by atoms with Crippen LogP contribution in [0.3, 0.4) is 0 Å². The van der Waals surface area contributed by atoms with Crippen molar-refractivity contribution >= 4 is 11.5 Å². The fourth-order valence-corrected chi connectivity index (χ4v) is 1.61. The van der Waals surface area contributed by atoms with E-state index in [9.17, 15) is 14.9 Å². The van der Waals surface area contributed by atoms with Crippen molar-refractivity contribution in [2.24, 2.45) is 0 Å². The Morgan fingerprint density at radius 1 is 1.47 bits per heavy atom. The van der Waals surface area contributed by atoms with Crippen LogP contribution in [0.4, 0.5) is 5.69 Å². The van der Waals surface area contributed by atoms with Crippen LogP contribution in [0.15, 0.2) is 24.3 Å². The van der Waals surface area contributed by atoms with E-state index < -0.39 is 4.92 Å². The standard InChI is InChI=1S/C12H13NO4/c14-12(8-17-11-5-2-6-11)9-3-1-4-10(7-9)13(15)16/h1,3-4,7,11H,2,5-6,8H2. The van der Waals surface area contributed by atoms with E-state index in [1.807, 2.05) is 0 Å². The number of rotatable bonds is 5. The third-order valence-electron chi connectivity index (χ3n) is 2.88. The number of Topliss-reactive ketones (excluding diaryl/α,β-unsaturated/α-hetero) is 1. The molecule has 0 N–H and O–H groups in total. The highest BCUT2D eigenvalue weighted by Crippen LogP contribution is 2.22. The van der Waals surface area contributed by atoms with Crippen molar-refractivity contribution in [2.45, 2.75) is 25.4 Å². The number of nitro groups is 1. The molecule has 0 aliphatic heterocycles. The second-order valence-electron chi connectivity index (χ2n) is 4.09. The highest BCUT2D eigenvalue weighted by Gasteiger charge is 2.20. The van der Waals surface area contributed by atoms with E-state index in [4.69, 9.17) is 4.74 Å². The summed E-state index contributed by atoms with van der Waals surface area (Å²) >= 11 is 0. The van der Waals surface area contributed by atoms with Gasteiger partial charge in [-0.1, -0.05) is 12.1 Å². The molecule has 1 aromatic rings. The maximum atomic E-state index is 11.7. The van der Waals surface area contributed by atoms with Gasteiger partial charge < -0.3 is 4.74 Å². The number of nitrogens with zero attached hydrogens (tertiary/aromatic N) is 1. The zero-order chi connectivity index (χ0) is 12.3. The Kier molecular flexibility index (Phi) is 3.49. The highest BCUT2D eigenvalue weighted by molar-refractivity contribution is 5.97. The minimum absolute atomic E-state index is 0.00579. The van der Waals surface area contributed by atoms with Crippen LogP contribution >= 0.6 is 0 Å². The van der Waals surface area contributed by atoms with Crippen molar-refractivity contribution in [3.8, 4) is 0 Å². The average molecular weight is 235 g/mol. The smallest absolute Gasteiger partial charge is 0.270 e. The molecule has 0 amide bonds. The van der Waals surface area contributed by atoms with Gasteiger partial charge in [0.15, 0.2) is 5.78 Å². The predicted octanol–water partition coefficient (Wildman–Crippen LogP) is 2.35. The van der Waals surface area contributed by atoms with Gasteiger partial charge >= 0.3 is 0 Å². The first-order chi connectivity index (χ1) is 8.16. The Hall–Kier alpha value is -1.75. The maximum absolute atomic E-state index is 11.7. The number of ether oxygens (including phenoxy) is 1. The van der Waals surface area contributed by atoms with Crippen LogP contribution in [0, 0.1) is 10.1 Å². The third-order valence-corrected chi connectivity index (χ3v) is 2.88. The topological polar surface area (TPSA) is 69.4 Å². The number of hydrogen-bond acceptors (Lipinski definition) is 4. The molecule has 0 spiro atoms. The van der Waals surface area contributed by atoms with Crippen LogP contribution in [0.1, 0.15) is 29.6 Å². The molecule has 0 radical (unpaired) electrons. The molecule has 1 fully saturated rings. The highest BCUT2D eigenvalue weighted by atomic mass is 16.6. The molecule has 5 nitrogen and oxygen atoms in total. The summed E-state index contributed by atoms with van der Waals surface area (Å²) in [5, 5.41) is 10.6. The number of benzene rings is 1. The first-order valence-corrected chi connectivity index (χ1v) is 5.56. The van der Waals surface area contributed by atoms with Crippen LogP contribution in [0.25, 0.3) is 0 Å². The Balaban J connectivity index is 1.97. The van der Waals surface area contributed by atoms with Crippen molar-refractivity contribution < 1.29 is 14.5 Å². The van der Waals surface area contributed by atoms with Crippen LogP contribution in [0.5, 0.6) is 0 Å². The molecule has 90 valence electrons. The van der Waals surface area contributed by atoms with Gasteiger partial charge in [-0.3, -0.25) is 14.9 Å². The number of ketones is 1. The maximum Gasteiger partial charge on any atom is 0.270 e. The fourth-order valence-electron chi connectivity index (χ4n) is 1.61. The van der Waals surface area contributed by atoms with Gasteiger partial charge in [0.25, 0.3) is 5.69 Å². The zero-order valence-corrected chi connectivity index (χ0v) is 9.30. The number of non-ortho nitro benzene ring substituents is 1. The van der Waals surface area contributed by atoms with Crippen LogP contribution in [-0.2, 0) is 4.74 Å². The number of carbonyl (C=O) groups excluding carboxylic acids is 1. The molecule has 0 bridgehead atoms. The second kappa shape index (κ2) is 5.05. The van der Waals surface area contributed by atoms with Crippen molar-refractivity contribution in [1.82, 2.24) is 0 Å². The molecule has 1 aliphatic rings. The van der Waals surface area contributed by atoms with Gasteiger partial charge in [0.05, 0.1) is 11.0 Å². The minimum Gasteiger partial charge on any atom is -0.370 e. The van der Waals surface area contributed by atoms with Crippen LogP contribution < -0.4 is 0 Å². The third kappa shape index (κ3) is 2.88. The largest absolute Gasteiger partial charge is 0.370 e. The molecule has 0 heterocycles. The number of carbonyl (C=O) groups is 1. The summed E-state index contributed by atoms with van der Waals surface area (Å²) in [5.41, 5.74) is 0.262. The van der Waals surface area contributed by atoms with Gasteiger partial charge in [0.1, 0.15) is 6.61 Å². The first kappa shape index (κ1) is 11.7. The second-order valence-corrected chi connectivity index (χ2v) is 4.09. The number of nitro benzene ring substituents is 1. The Morgan fingerprint density at radius 3 is 2.82 bits per heavy atom. The van der Waals surface area contributed by atoms with Gasteiger partial charge in [0, 0.05) is 17.7 Å². The van der Waals surface area contributed by atoms with E-state index in [0.29, 0.717) is 5.56 Å². The van der Waals surface area contributed by atoms with E-state index in [0.717, 1.165) is 19.3 Å². The van der Waals surface area contributed by atoms with Crippen molar-refractivity contribution in [1.29, 1.82) is 0 Å². The Labute approximate surface area is 98.5 Å². The molecular weight excluding hydrogens is 222 g/mol. The summed E-state index contributed by atoms with van der Waals surface area (Å²) in [6.45, 7) is 0.00579. The predicted molar refractivity (Wildman–Crippen MR) is 61.0 cm³/mol. The molecule has 17 heavy (non-hydrogen) atoms. The molecule has 2 rings (SSSR count). The molecule has 0 saturated heterocycles. The van der Waals surface area contributed by atoms with Gasteiger partial charge in [0.2, 0.25) is 0 Å². The first-order valence-electron chi connectivity index (χ1n) is 5.56. The van der Waals surface area contributed by atoms with E-state index in [1.54, 1.807) is 6.07 Å². The lowest BCUT2D eigenvalue weighted by molar-refractivity contribution is -0.384. The lowest BCUT2D eigenvalue weighted by Crippen LogP contribution is -2.24. The van der Waals surface area contributed by atoms with E-state index in [2.05, 4.69) is 0 Å². The minimum atomic E-state index is -0.510. The lowest BCUT2D eigenvalue weighted by atomic mass is 9.96. The van der Waals surface area contributed by atoms with Crippen molar-refractivity contribution in [3.63, 3.8) is 0 Å². The molecule has 0 aromatic heterocycles. The molecule has 1 aliphatic carbocycles. The van der Waals surface area contributed by atoms with Crippen molar-refractivity contribution in [2.75, 3.05) is 6.61 Å². The quantitative estimate of drug-likeness (QED) is 0.446. The van der Waals surface area contributed by atoms with E-state index in [1.165, 1.54) is 18.2 Å². The van der Waals surface area contributed by atoms with Gasteiger partial charge in [-0.15, -0.1) is 0 Å². The molecule has 0 unspecified atom stereocenters. The van der Waals surface area contributed by atoms with Crippen LogP contribution in [-0.4, -0.2) is 23.4 Å². The van der Waals surface area contributed by atoms with Crippen LogP contribution in [0.2, 0.25) is 0 Å². The lowest BCUT2D eigenvalue weighted by Gasteiger charge is -2.24. The monoisotopic (exact) mass is 235 g/mol. The summed E-state index contributed by atoms with van der Waals surface area (Å²) in [5.74, 6) is -0.208. The molecule has 1 saturated carbocycles. The molecule has 0 atom stereocenters. The normalized spacial score (nSPS) is 15.3. The number of hydrogen-bond donors (Lipinski definition) is 0. The summed E-state index contributed by atoms with van der Waals surface area (Å²) < 4.78 is 5.38. The van der Waals surface area contributed by atoms with E-state index in [-0.39, 0.29) is 24.2 Å². The van der Waals surface area contributed by atoms with Gasteiger partial charge in [-0.2, -0.15) is 0 Å². The summed E-state index contributed by atoms with van der Waals surface area (Å²) in [6, 6.07) is 5.73.